The van der Waals surface area contributed by atoms with Crippen molar-refractivity contribution in [3.8, 4) is 17.1 Å². The number of carbonyl (C=O) groups excluding carboxylic acids is 2. The van der Waals surface area contributed by atoms with Crippen molar-refractivity contribution in [1.82, 2.24) is 9.55 Å². The molecule has 0 atom stereocenters. The minimum absolute atomic E-state index is 0.101. The van der Waals surface area contributed by atoms with Gasteiger partial charge in [0.25, 0.3) is 0 Å². The van der Waals surface area contributed by atoms with Crippen molar-refractivity contribution < 1.29 is 24.2 Å². The summed E-state index contributed by atoms with van der Waals surface area (Å²) in [5, 5.41) is 10.4. The van der Waals surface area contributed by atoms with Crippen LogP contribution >= 0.6 is 0 Å². The van der Waals surface area contributed by atoms with Crippen molar-refractivity contribution in [2.75, 3.05) is 13.2 Å². The highest BCUT2D eigenvalue weighted by Gasteiger charge is 2.32. The number of esters is 2. The Morgan fingerprint density at radius 2 is 1.83 bits per heavy atom. The molecule has 0 aliphatic heterocycles. The molecule has 0 aromatic carbocycles. The molecule has 0 bridgehead atoms. The normalized spacial score (nSPS) is 10.4. The summed E-state index contributed by atoms with van der Waals surface area (Å²) < 4.78 is 11.3. The molecule has 0 saturated carbocycles. The fourth-order valence-corrected chi connectivity index (χ4v) is 2.30. The third-order valence-corrected chi connectivity index (χ3v) is 3.22. The summed E-state index contributed by atoms with van der Waals surface area (Å²) in [5.41, 5.74) is 0.514. The predicted molar refractivity (Wildman–Crippen MR) is 82.2 cm³/mol. The van der Waals surface area contributed by atoms with E-state index in [2.05, 4.69) is 4.98 Å². The maximum absolute atomic E-state index is 12.2. The highest BCUT2D eigenvalue weighted by Crippen LogP contribution is 2.35. The molecule has 2 aromatic rings. The molecule has 1 N–H and O–H groups in total. The van der Waals surface area contributed by atoms with Gasteiger partial charge in [-0.2, -0.15) is 0 Å². The van der Waals surface area contributed by atoms with Crippen molar-refractivity contribution in [2.45, 2.75) is 13.8 Å². The average Bonchev–Trinajstić information content (AvgIpc) is 2.79. The fraction of sp³-hybridized carbons (Fsp3) is 0.312. The lowest BCUT2D eigenvalue weighted by Gasteiger charge is -2.07. The van der Waals surface area contributed by atoms with Gasteiger partial charge < -0.3 is 19.1 Å². The van der Waals surface area contributed by atoms with Gasteiger partial charge in [-0.25, -0.2) is 9.59 Å². The zero-order chi connectivity index (χ0) is 17.0. The zero-order valence-corrected chi connectivity index (χ0v) is 13.2. The smallest absolute Gasteiger partial charge is 0.358 e. The largest absolute Gasteiger partial charge is 0.505 e. The van der Waals surface area contributed by atoms with E-state index < -0.39 is 17.7 Å². The molecule has 0 spiro atoms. The van der Waals surface area contributed by atoms with Gasteiger partial charge in [0, 0.05) is 13.2 Å². The molecule has 122 valence electrons. The van der Waals surface area contributed by atoms with Gasteiger partial charge in [0.1, 0.15) is 5.56 Å². The number of ether oxygens (including phenoxy) is 2. The molecule has 7 heteroatoms. The first-order valence-corrected chi connectivity index (χ1v) is 7.20. The van der Waals surface area contributed by atoms with Gasteiger partial charge in [-0.3, -0.25) is 4.98 Å². The highest BCUT2D eigenvalue weighted by molar-refractivity contribution is 6.05. The van der Waals surface area contributed by atoms with E-state index in [1.165, 1.54) is 4.57 Å². The third-order valence-electron chi connectivity index (χ3n) is 3.22. The van der Waals surface area contributed by atoms with Crippen LogP contribution in [0.1, 0.15) is 34.7 Å². The molecule has 0 amide bonds. The summed E-state index contributed by atoms with van der Waals surface area (Å²) in [6.07, 6.45) is 1.55. The van der Waals surface area contributed by atoms with E-state index in [0.29, 0.717) is 11.4 Å². The molecule has 0 aliphatic rings. The molecule has 0 saturated heterocycles. The predicted octanol–water partition coefficient (Wildman–Crippen LogP) is 2.15. The number of nitrogens with zero attached hydrogens (tertiary/aromatic N) is 2. The van der Waals surface area contributed by atoms with Crippen LogP contribution in [0.15, 0.2) is 24.4 Å². The van der Waals surface area contributed by atoms with Crippen LogP contribution in [0, 0.1) is 0 Å². The van der Waals surface area contributed by atoms with E-state index in [1.54, 1.807) is 45.3 Å². The topological polar surface area (TPSA) is 90.6 Å². The van der Waals surface area contributed by atoms with Crippen LogP contribution in [0.2, 0.25) is 0 Å². The number of hydrogen-bond donors (Lipinski definition) is 1. The van der Waals surface area contributed by atoms with Gasteiger partial charge in [0.2, 0.25) is 0 Å². The second kappa shape index (κ2) is 6.95. The quantitative estimate of drug-likeness (QED) is 0.849. The van der Waals surface area contributed by atoms with Crippen LogP contribution in [0.25, 0.3) is 11.4 Å². The molecule has 0 radical (unpaired) electrons. The first-order valence-electron chi connectivity index (χ1n) is 7.20. The SMILES string of the molecule is CCOC(=O)c1c(O)c(C(=O)OCC)n(C)c1-c1ccccn1. The molecular weight excluding hydrogens is 300 g/mol. The van der Waals surface area contributed by atoms with Crippen LogP contribution in [-0.2, 0) is 16.5 Å². The Bertz CT molecular complexity index is 722. The summed E-state index contributed by atoms with van der Waals surface area (Å²) in [6.45, 7) is 3.61. The average molecular weight is 318 g/mol. The van der Waals surface area contributed by atoms with Crippen molar-refractivity contribution >= 4 is 11.9 Å². The Kier molecular flexibility index (Phi) is 5.00. The molecule has 2 heterocycles. The van der Waals surface area contributed by atoms with E-state index in [9.17, 15) is 14.7 Å². The Morgan fingerprint density at radius 3 is 2.39 bits per heavy atom. The molecule has 2 aromatic heterocycles. The van der Waals surface area contributed by atoms with E-state index >= 15 is 0 Å². The number of hydrogen-bond acceptors (Lipinski definition) is 6. The molecule has 2 rings (SSSR count). The first-order chi connectivity index (χ1) is 11.0. The standard InChI is InChI=1S/C16H18N2O5/c1-4-22-15(20)11-12(10-8-6-7-9-17-10)18(3)13(14(11)19)16(21)23-5-2/h6-9,19H,4-5H2,1-3H3. The van der Waals surface area contributed by atoms with Crippen LogP contribution in [0.4, 0.5) is 0 Å². The van der Waals surface area contributed by atoms with Gasteiger partial charge >= 0.3 is 11.9 Å². The van der Waals surface area contributed by atoms with Gasteiger partial charge in [0.05, 0.1) is 24.6 Å². The number of aromatic hydroxyl groups is 1. The van der Waals surface area contributed by atoms with Gasteiger partial charge in [0.15, 0.2) is 11.4 Å². The first kappa shape index (κ1) is 16.5. The Hall–Kier alpha value is -2.83. The molecule has 7 nitrogen and oxygen atoms in total. The monoisotopic (exact) mass is 318 g/mol. The van der Waals surface area contributed by atoms with E-state index in [1.807, 2.05) is 0 Å². The second-order valence-corrected chi connectivity index (χ2v) is 4.64. The number of rotatable bonds is 5. The minimum atomic E-state index is -0.725. The van der Waals surface area contributed by atoms with Crippen molar-refractivity contribution in [2.24, 2.45) is 7.05 Å². The molecule has 0 fully saturated rings. The van der Waals surface area contributed by atoms with Crippen LogP contribution in [0.3, 0.4) is 0 Å². The van der Waals surface area contributed by atoms with Crippen LogP contribution in [-0.4, -0.2) is 39.8 Å². The maximum atomic E-state index is 12.2. The lowest BCUT2D eigenvalue weighted by Crippen LogP contribution is -2.10. The number of carbonyl (C=O) groups is 2. The highest BCUT2D eigenvalue weighted by atomic mass is 16.5. The molecule has 23 heavy (non-hydrogen) atoms. The summed E-state index contributed by atoms with van der Waals surface area (Å²) >= 11 is 0. The third kappa shape index (κ3) is 3.03. The van der Waals surface area contributed by atoms with E-state index in [4.69, 9.17) is 9.47 Å². The van der Waals surface area contributed by atoms with Crippen LogP contribution < -0.4 is 0 Å². The fourth-order valence-electron chi connectivity index (χ4n) is 2.30. The van der Waals surface area contributed by atoms with Gasteiger partial charge in [-0.15, -0.1) is 0 Å². The minimum Gasteiger partial charge on any atom is -0.505 e. The zero-order valence-electron chi connectivity index (χ0n) is 13.2. The van der Waals surface area contributed by atoms with Crippen molar-refractivity contribution in [1.29, 1.82) is 0 Å². The summed E-state index contributed by atoms with van der Waals surface area (Å²) in [7, 11) is 1.55. The number of pyridine rings is 1. The lowest BCUT2D eigenvalue weighted by atomic mass is 10.1. The second-order valence-electron chi connectivity index (χ2n) is 4.64. The Labute approximate surface area is 133 Å². The molecule has 0 aliphatic carbocycles. The molecular formula is C16H18N2O5. The molecule has 0 unspecified atom stereocenters. The summed E-state index contributed by atoms with van der Waals surface area (Å²) in [4.78, 5) is 28.5. The lowest BCUT2D eigenvalue weighted by molar-refractivity contribution is 0.0512. The van der Waals surface area contributed by atoms with Crippen molar-refractivity contribution in [3.05, 3.63) is 35.7 Å². The van der Waals surface area contributed by atoms with Gasteiger partial charge in [-0.05, 0) is 26.0 Å². The Balaban J connectivity index is 2.70. The van der Waals surface area contributed by atoms with E-state index in [-0.39, 0.29) is 24.5 Å². The van der Waals surface area contributed by atoms with Crippen LogP contribution in [0.5, 0.6) is 5.75 Å². The van der Waals surface area contributed by atoms with Crippen molar-refractivity contribution in [3.63, 3.8) is 0 Å². The summed E-state index contributed by atoms with van der Waals surface area (Å²) in [5.74, 6) is -1.91. The summed E-state index contributed by atoms with van der Waals surface area (Å²) in [6, 6.07) is 5.14. The number of aromatic nitrogens is 2. The van der Waals surface area contributed by atoms with Gasteiger partial charge in [-0.1, -0.05) is 6.07 Å². The Morgan fingerprint density at radius 1 is 1.17 bits per heavy atom. The maximum Gasteiger partial charge on any atom is 0.358 e. The van der Waals surface area contributed by atoms with E-state index in [0.717, 1.165) is 0 Å².